The molecule has 0 radical (unpaired) electrons. The number of hydrogen-bond acceptors (Lipinski definition) is 10. The van der Waals surface area contributed by atoms with Gasteiger partial charge < -0.3 is 47.4 Å². The van der Waals surface area contributed by atoms with Gasteiger partial charge in [0.05, 0.1) is 51.8 Å². The zero-order valence-corrected chi connectivity index (χ0v) is 37.4. The fourth-order valence-corrected chi connectivity index (χ4v) is 9.06. The first-order chi connectivity index (χ1) is 32.7. The first kappa shape index (κ1) is 46.0. The second kappa shape index (κ2) is 23.6. The molecule has 66 heavy (non-hydrogen) atoms. The van der Waals surface area contributed by atoms with E-state index in [9.17, 15) is 0 Å². The Bertz CT molecular complexity index is 2270. The van der Waals surface area contributed by atoms with Crippen LogP contribution in [0, 0.1) is 0 Å². The molecule has 0 aromatic heterocycles. The van der Waals surface area contributed by atoms with Crippen LogP contribution < -0.4 is 0 Å². The molecule has 6 aromatic rings. The van der Waals surface area contributed by atoms with E-state index < -0.39 is 55.3 Å². The van der Waals surface area contributed by atoms with E-state index in [1.807, 2.05) is 146 Å². The molecule has 10 heteroatoms. The molecule has 11 atom stereocenters. The SMILES string of the molecule is CO[C@H]1O[C@H](COCc2ccccc2)[C@@H](O[C@H]2O[C@@H]3CCC(c4ccccc4)O[C@H]3[C@H](OCc3ccccc3)[C@@H]2OCc2ccccc2)[C@H](OCc2ccccc2)[C@H]1OCc1ccccc1. The monoisotopic (exact) mass is 892 g/mol. The van der Waals surface area contributed by atoms with Crippen molar-refractivity contribution in [3.63, 3.8) is 0 Å². The highest BCUT2D eigenvalue weighted by atomic mass is 16.8. The summed E-state index contributed by atoms with van der Waals surface area (Å²) < 4.78 is 68.8. The maximum atomic E-state index is 7.42. The van der Waals surface area contributed by atoms with Crippen LogP contribution in [0.4, 0.5) is 0 Å². The van der Waals surface area contributed by atoms with Crippen molar-refractivity contribution in [3.8, 4) is 0 Å². The Morgan fingerprint density at radius 1 is 0.409 bits per heavy atom. The lowest BCUT2D eigenvalue weighted by Gasteiger charge is -2.51. The average Bonchev–Trinajstić information content (AvgIpc) is 3.38. The Labute approximate surface area is 388 Å². The Balaban J connectivity index is 1.08. The van der Waals surface area contributed by atoms with Crippen molar-refractivity contribution in [2.24, 2.45) is 0 Å². The van der Waals surface area contributed by atoms with Gasteiger partial charge in [-0.2, -0.15) is 0 Å². The molecule has 344 valence electrons. The molecule has 0 bridgehead atoms. The van der Waals surface area contributed by atoms with Crippen LogP contribution >= 0.6 is 0 Å². The molecule has 6 aromatic carbocycles. The maximum Gasteiger partial charge on any atom is 0.187 e. The lowest BCUT2D eigenvalue weighted by molar-refractivity contribution is -0.379. The summed E-state index contributed by atoms with van der Waals surface area (Å²) in [6.45, 7) is 1.74. The second-order valence-electron chi connectivity index (χ2n) is 17.0. The Morgan fingerprint density at radius 2 is 0.833 bits per heavy atom. The number of fused-ring (bicyclic) bond motifs is 1. The van der Waals surface area contributed by atoms with Crippen LogP contribution in [0.25, 0.3) is 0 Å². The van der Waals surface area contributed by atoms with Crippen molar-refractivity contribution in [3.05, 3.63) is 215 Å². The average molecular weight is 893 g/mol. The van der Waals surface area contributed by atoms with Crippen LogP contribution in [0.15, 0.2) is 182 Å². The Hall–Kier alpha value is -5.08. The molecule has 3 heterocycles. The lowest BCUT2D eigenvalue weighted by Crippen LogP contribution is -2.66. The maximum absolute atomic E-state index is 7.42. The van der Waals surface area contributed by atoms with Gasteiger partial charge in [-0.05, 0) is 46.2 Å². The zero-order chi connectivity index (χ0) is 44.8. The number of rotatable bonds is 20. The Kier molecular flexibility index (Phi) is 16.5. The molecule has 0 N–H and O–H groups in total. The van der Waals surface area contributed by atoms with Crippen molar-refractivity contribution in [2.75, 3.05) is 13.7 Å². The molecule has 3 saturated heterocycles. The highest BCUT2D eigenvalue weighted by molar-refractivity contribution is 5.20. The predicted molar refractivity (Wildman–Crippen MR) is 249 cm³/mol. The summed E-state index contributed by atoms with van der Waals surface area (Å²) in [7, 11) is 1.62. The van der Waals surface area contributed by atoms with Crippen molar-refractivity contribution < 1.29 is 47.4 Å². The molecule has 0 amide bonds. The van der Waals surface area contributed by atoms with Gasteiger partial charge in [-0.3, -0.25) is 0 Å². The minimum Gasteiger partial charge on any atom is -0.374 e. The third-order valence-corrected chi connectivity index (χ3v) is 12.4. The molecule has 3 fully saturated rings. The standard InChI is InChI=1S/C56H60O10/c1-57-55-53(61-37-43-26-14-5-15-27-43)52(60-36-42-24-12-4-13-25-42)50(48(65-55)39-58-34-40-20-8-2-9-21-40)66-56-54(62-38-44-28-16-6-17-29-44)51(59-35-41-22-10-3-11-23-41)49-47(64-56)33-32-46(63-49)45-30-18-7-19-31-45/h2-31,46-56H,32-39H2,1H3/t46?,47-,48-,49-,50-,51+,52+,53-,54+,55+,56-/m1/s1. The van der Waals surface area contributed by atoms with Gasteiger partial charge in [-0.15, -0.1) is 0 Å². The van der Waals surface area contributed by atoms with Crippen molar-refractivity contribution in [1.82, 2.24) is 0 Å². The minimum atomic E-state index is -0.950. The van der Waals surface area contributed by atoms with E-state index in [4.69, 9.17) is 47.4 Å². The summed E-state index contributed by atoms with van der Waals surface area (Å²) in [5, 5.41) is 0. The van der Waals surface area contributed by atoms with E-state index in [-0.39, 0.29) is 32.0 Å². The van der Waals surface area contributed by atoms with Gasteiger partial charge in [0.15, 0.2) is 12.6 Å². The van der Waals surface area contributed by atoms with Crippen LogP contribution in [0.5, 0.6) is 0 Å². The number of methoxy groups -OCH3 is 1. The molecule has 9 rings (SSSR count). The molecule has 3 aliphatic rings. The van der Waals surface area contributed by atoms with Crippen LogP contribution in [-0.2, 0) is 80.4 Å². The van der Waals surface area contributed by atoms with E-state index in [2.05, 4.69) is 36.4 Å². The third kappa shape index (κ3) is 12.1. The summed E-state index contributed by atoms with van der Waals surface area (Å²) in [6.07, 6.45) is -5.53. The molecule has 3 aliphatic heterocycles. The number of hydrogen-bond donors (Lipinski definition) is 0. The van der Waals surface area contributed by atoms with Crippen molar-refractivity contribution in [2.45, 2.75) is 113 Å². The van der Waals surface area contributed by atoms with Crippen molar-refractivity contribution in [1.29, 1.82) is 0 Å². The smallest absolute Gasteiger partial charge is 0.187 e. The summed E-state index contributed by atoms with van der Waals surface area (Å²) in [6, 6.07) is 60.8. The van der Waals surface area contributed by atoms with Crippen LogP contribution in [0.3, 0.4) is 0 Å². The van der Waals surface area contributed by atoms with Gasteiger partial charge in [-0.25, -0.2) is 0 Å². The molecular weight excluding hydrogens is 833 g/mol. The van der Waals surface area contributed by atoms with Gasteiger partial charge >= 0.3 is 0 Å². The Morgan fingerprint density at radius 3 is 1.32 bits per heavy atom. The van der Waals surface area contributed by atoms with Gasteiger partial charge in [-0.1, -0.05) is 182 Å². The first-order valence-electron chi connectivity index (χ1n) is 23.1. The third-order valence-electron chi connectivity index (χ3n) is 12.4. The van der Waals surface area contributed by atoms with Crippen LogP contribution in [0.2, 0.25) is 0 Å². The van der Waals surface area contributed by atoms with Crippen LogP contribution in [0.1, 0.15) is 52.3 Å². The zero-order valence-electron chi connectivity index (χ0n) is 37.4. The highest BCUT2D eigenvalue weighted by Crippen LogP contribution is 2.42. The second-order valence-corrected chi connectivity index (χ2v) is 17.0. The van der Waals surface area contributed by atoms with E-state index in [0.29, 0.717) is 26.2 Å². The van der Waals surface area contributed by atoms with E-state index in [1.54, 1.807) is 7.11 Å². The highest BCUT2D eigenvalue weighted by Gasteiger charge is 2.55. The molecule has 0 spiro atoms. The van der Waals surface area contributed by atoms with Gasteiger partial charge in [0.1, 0.15) is 42.7 Å². The number of benzene rings is 6. The van der Waals surface area contributed by atoms with Gasteiger partial charge in [0.25, 0.3) is 0 Å². The fraction of sp³-hybridized carbons (Fsp3) is 0.357. The number of ether oxygens (including phenoxy) is 10. The topological polar surface area (TPSA) is 92.3 Å². The summed E-state index contributed by atoms with van der Waals surface area (Å²) >= 11 is 0. The predicted octanol–water partition coefficient (Wildman–Crippen LogP) is 9.95. The molecule has 0 aliphatic carbocycles. The van der Waals surface area contributed by atoms with E-state index in [0.717, 1.165) is 39.8 Å². The molecule has 1 unspecified atom stereocenters. The minimum absolute atomic E-state index is 0.145. The molecule has 0 saturated carbocycles. The van der Waals surface area contributed by atoms with Crippen molar-refractivity contribution >= 4 is 0 Å². The molecule has 10 nitrogen and oxygen atoms in total. The summed E-state index contributed by atoms with van der Waals surface area (Å²) in [5.41, 5.74) is 6.18. The summed E-state index contributed by atoms with van der Waals surface area (Å²) in [4.78, 5) is 0. The largest absolute Gasteiger partial charge is 0.374 e. The fourth-order valence-electron chi connectivity index (χ4n) is 9.06. The molecular formula is C56H60O10. The van der Waals surface area contributed by atoms with Crippen LogP contribution in [-0.4, -0.2) is 75.1 Å². The van der Waals surface area contributed by atoms with E-state index >= 15 is 0 Å². The normalized spacial score (nSPS) is 27.5. The summed E-state index contributed by atoms with van der Waals surface area (Å²) in [5.74, 6) is 0. The van der Waals surface area contributed by atoms with Gasteiger partial charge in [0.2, 0.25) is 0 Å². The quantitative estimate of drug-likeness (QED) is 0.0738. The lowest BCUT2D eigenvalue weighted by atomic mass is 9.89. The first-order valence-corrected chi connectivity index (χ1v) is 23.1. The van der Waals surface area contributed by atoms with E-state index in [1.165, 1.54) is 0 Å². The van der Waals surface area contributed by atoms with Gasteiger partial charge in [0, 0.05) is 7.11 Å².